The van der Waals surface area contributed by atoms with Gasteiger partial charge in [0.1, 0.15) is 0 Å². The number of imide groups is 1. The van der Waals surface area contributed by atoms with Crippen molar-refractivity contribution >= 4 is 11.8 Å². The first kappa shape index (κ1) is 9.68. The molecule has 0 saturated carbocycles. The summed E-state index contributed by atoms with van der Waals surface area (Å²) in [6, 6.07) is 1.53. The molecule has 1 N–H and O–H groups in total. The monoisotopic (exact) mass is 181 g/mol. The van der Waals surface area contributed by atoms with Crippen LogP contribution >= 0.6 is 0 Å². The van der Waals surface area contributed by atoms with E-state index in [-0.39, 0.29) is 18.2 Å². The summed E-state index contributed by atoms with van der Waals surface area (Å²) in [5.74, 6) is -0.373. The lowest BCUT2D eigenvalue weighted by Gasteiger charge is -2.08. The highest BCUT2D eigenvalue weighted by Crippen LogP contribution is 2.09. The Bertz CT molecular complexity index is 269. The molecule has 0 aromatic carbocycles. The predicted octanol–water partition coefficient (Wildman–Crippen LogP) is -0.753. The first-order chi connectivity index (χ1) is 6.16. The number of carbonyl (C=O) groups excluding carboxylic acids is 2. The molecule has 0 radical (unpaired) electrons. The SMILES string of the molecule is CN1C(=O)CC(NCCC#N)C1=O. The van der Waals surface area contributed by atoms with E-state index in [9.17, 15) is 9.59 Å². The van der Waals surface area contributed by atoms with Gasteiger partial charge in [0.2, 0.25) is 11.8 Å². The number of likely N-dealkylation sites (tertiary alicyclic amines) is 1. The Morgan fingerprint density at radius 3 is 2.85 bits per heavy atom. The standard InChI is InChI=1S/C8H11N3O2/c1-11-7(12)5-6(8(11)13)10-4-2-3-9/h6,10H,2,4-5H2,1H3. The normalized spacial score (nSPS) is 22.2. The minimum atomic E-state index is -0.425. The number of nitrogens with zero attached hydrogens (tertiary/aromatic N) is 2. The molecule has 0 spiro atoms. The molecule has 1 fully saturated rings. The number of likely N-dealkylation sites (N-methyl/N-ethyl adjacent to an activating group) is 1. The number of nitriles is 1. The largest absolute Gasteiger partial charge is 0.304 e. The zero-order chi connectivity index (χ0) is 9.84. The molecule has 1 rings (SSSR count). The van der Waals surface area contributed by atoms with E-state index in [1.807, 2.05) is 6.07 Å². The maximum atomic E-state index is 11.3. The molecule has 2 amide bonds. The summed E-state index contributed by atoms with van der Waals surface area (Å²) in [5.41, 5.74) is 0. The molecule has 1 aliphatic rings. The number of hydrogen-bond acceptors (Lipinski definition) is 4. The van der Waals surface area contributed by atoms with Crippen molar-refractivity contribution in [2.75, 3.05) is 13.6 Å². The number of hydrogen-bond donors (Lipinski definition) is 1. The van der Waals surface area contributed by atoms with E-state index in [1.54, 1.807) is 0 Å². The van der Waals surface area contributed by atoms with Gasteiger partial charge >= 0.3 is 0 Å². The summed E-state index contributed by atoms with van der Waals surface area (Å²) < 4.78 is 0. The van der Waals surface area contributed by atoms with Crippen LogP contribution in [0.15, 0.2) is 0 Å². The second-order valence-electron chi connectivity index (χ2n) is 2.91. The molecular formula is C8H11N3O2. The summed E-state index contributed by atoms with van der Waals surface area (Å²) in [4.78, 5) is 23.4. The summed E-state index contributed by atoms with van der Waals surface area (Å²) in [7, 11) is 1.47. The van der Waals surface area contributed by atoms with Gasteiger partial charge in [-0.3, -0.25) is 14.5 Å². The van der Waals surface area contributed by atoms with Crippen molar-refractivity contribution in [2.24, 2.45) is 0 Å². The third kappa shape index (κ3) is 2.04. The van der Waals surface area contributed by atoms with Gasteiger partial charge in [0, 0.05) is 20.0 Å². The predicted molar refractivity (Wildman–Crippen MR) is 44.4 cm³/mol. The van der Waals surface area contributed by atoms with Crippen molar-refractivity contribution in [1.29, 1.82) is 5.26 Å². The molecule has 5 nitrogen and oxygen atoms in total. The number of carbonyl (C=O) groups is 2. The van der Waals surface area contributed by atoms with Crippen molar-refractivity contribution < 1.29 is 9.59 Å². The minimum absolute atomic E-state index is 0.167. The van der Waals surface area contributed by atoms with Crippen LogP contribution in [-0.4, -0.2) is 36.3 Å². The van der Waals surface area contributed by atoms with Crippen LogP contribution in [0.1, 0.15) is 12.8 Å². The van der Waals surface area contributed by atoms with Gasteiger partial charge in [-0.05, 0) is 0 Å². The third-order valence-electron chi connectivity index (χ3n) is 2.01. The fourth-order valence-corrected chi connectivity index (χ4v) is 1.22. The van der Waals surface area contributed by atoms with E-state index < -0.39 is 6.04 Å². The van der Waals surface area contributed by atoms with Gasteiger partial charge in [-0.25, -0.2) is 0 Å². The summed E-state index contributed by atoms with van der Waals surface area (Å²) in [6.07, 6.45) is 0.558. The molecule has 70 valence electrons. The molecule has 0 aliphatic carbocycles. The fourth-order valence-electron chi connectivity index (χ4n) is 1.22. The average Bonchev–Trinajstić information content (AvgIpc) is 2.34. The fraction of sp³-hybridized carbons (Fsp3) is 0.625. The first-order valence-corrected chi connectivity index (χ1v) is 4.07. The molecule has 5 heteroatoms. The van der Waals surface area contributed by atoms with E-state index in [0.29, 0.717) is 13.0 Å². The van der Waals surface area contributed by atoms with Crippen LogP contribution in [0.5, 0.6) is 0 Å². The molecule has 0 bridgehead atoms. The van der Waals surface area contributed by atoms with Crippen LogP contribution in [0.2, 0.25) is 0 Å². The van der Waals surface area contributed by atoms with Gasteiger partial charge in [-0.1, -0.05) is 0 Å². The van der Waals surface area contributed by atoms with Crippen molar-refractivity contribution in [3.63, 3.8) is 0 Å². The van der Waals surface area contributed by atoms with Crippen molar-refractivity contribution in [3.05, 3.63) is 0 Å². The molecule has 0 aromatic rings. The number of nitrogens with one attached hydrogen (secondary N) is 1. The lowest BCUT2D eigenvalue weighted by molar-refractivity contribution is -0.137. The van der Waals surface area contributed by atoms with E-state index in [1.165, 1.54) is 7.05 Å². The Hall–Kier alpha value is -1.41. The summed E-state index contributed by atoms with van der Waals surface area (Å²) >= 11 is 0. The zero-order valence-electron chi connectivity index (χ0n) is 7.41. The Labute approximate surface area is 76.3 Å². The Balaban J connectivity index is 2.41. The van der Waals surface area contributed by atoms with Gasteiger partial charge in [0.15, 0.2) is 0 Å². The Kier molecular flexibility index (Phi) is 2.98. The topological polar surface area (TPSA) is 73.2 Å². The highest BCUT2D eigenvalue weighted by atomic mass is 16.2. The Morgan fingerprint density at radius 1 is 1.69 bits per heavy atom. The molecule has 1 saturated heterocycles. The smallest absolute Gasteiger partial charge is 0.246 e. The second kappa shape index (κ2) is 4.01. The van der Waals surface area contributed by atoms with Crippen LogP contribution in [0.4, 0.5) is 0 Å². The molecule has 1 atom stereocenters. The van der Waals surface area contributed by atoms with Crippen LogP contribution in [0.25, 0.3) is 0 Å². The number of rotatable bonds is 3. The molecule has 1 heterocycles. The van der Waals surface area contributed by atoms with Crippen LogP contribution < -0.4 is 5.32 Å². The Morgan fingerprint density at radius 2 is 2.38 bits per heavy atom. The summed E-state index contributed by atoms with van der Waals surface area (Å²) in [5, 5.41) is 11.1. The average molecular weight is 181 g/mol. The van der Waals surface area contributed by atoms with E-state index >= 15 is 0 Å². The molecule has 0 aromatic heterocycles. The zero-order valence-corrected chi connectivity index (χ0v) is 7.41. The van der Waals surface area contributed by atoms with Crippen LogP contribution in [-0.2, 0) is 9.59 Å². The first-order valence-electron chi connectivity index (χ1n) is 4.07. The third-order valence-corrected chi connectivity index (χ3v) is 2.01. The van der Waals surface area contributed by atoms with Crippen LogP contribution in [0.3, 0.4) is 0 Å². The van der Waals surface area contributed by atoms with Gasteiger partial charge in [-0.15, -0.1) is 0 Å². The maximum absolute atomic E-state index is 11.3. The molecule has 13 heavy (non-hydrogen) atoms. The summed E-state index contributed by atoms with van der Waals surface area (Å²) in [6.45, 7) is 0.452. The van der Waals surface area contributed by atoms with Gasteiger partial charge in [0.25, 0.3) is 0 Å². The van der Waals surface area contributed by atoms with Crippen molar-refractivity contribution in [2.45, 2.75) is 18.9 Å². The maximum Gasteiger partial charge on any atom is 0.246 e. The van der Waals surface area contributed by atoms with Crippen LogP contribution in [0, 0.1) is 11.3 Å². The van der Waals surface area contributed by atoms with Crippen molar-refractivity contribution in [3.8, 4) is 6.07 Å². The van der Waals surface area contributed by atoms with E-state index in [0.717, 1.165) is 4.90 Å². The highest BCUT2D eigenvalue weighted by molar-refractivity contribution is 6.05. The van der Waals surface area contributed by atoms with Crippen molar-refractivity contribution in [1.82, 2.24) is 10.2 Å². The number of amides is 2. The lowest BCUT2D eigenvalue weighted by atomic mass is 10.2. The quantitative estimate of drug-likeness (QED) is 0.459. The second-order valence-corrected chi connectivity index (χ2v) is 2.91. The highest BCUT2D eigenvalue weighted by Gasteiger charge is 2.35. The van der Waals surface area contributed by atoms with E-state index in [2.05, 4.69) is 5.32 Å². The van der Waals surface area contributed by atoms with Gasteiger partial charge < -0.3 is 5.32 Å². The van der Waals surface area contributed by atoms with E-state index in [4.69, 9.17) is 5.26 Å². The molecule has 1 unspecified atom stereocenters. The molecular weight excluding hydrogens is 170 g/mol. The van der Waals surface area contributed by atoms with Gasteiger partial charge in [0.05, 0.1) is 18.5 Å². The minimum Gasteiger partial charge on any atom is -0.304 e. The van der Waals surface area contributed by atoms with Gasteiger partial charge in [-0.2, -0.15) is 5.26 Å². The lowest BCUT2D eigenvalue weighted by Crippen LogP contribution is -2.37. The molecule has 1 aliphatic heterocycles.